The number of urea groups is 1. The van der Waals surface area contributed by atoms with Gasteiger partial charge in [0.2, 0.25) is 0 Å². The van der Waals surface area contributed by atoms with Gasteiger partial charge in [-0.15, -0.1) is 0 Å². The Bertz CT molecular complexity index is 685. The van der Waals surface area contributed by atoms with E-state index in [1.807, 2.05) is 49.4 Å². The van der Waals surface area contributed by atoms with Gasteiger partial charge in [-0.3, -0.25) is 4.90 Å². The van der Waals surface area contributed by atoms with E-state index < -0.39 is 0 Å². The van der Waals surface area contributed by atoms with Gasteiger partial charge in [0.25, 0.3) is 0 Å². The molecule has 0 aliphatic carbocycles. The number of rotatable bonds is 3. The van der Waals surface area contributed by atoms with E-state index in [1.54, 1.807) is 13.1 Å². The molecule has 0 fully saturated rings. The monoisotopic (exact) mass is 299 g/mol. The highest BCUT2D eigenvalue weighted by atomic mass is 32.1. The van der Waals surface area contributed by atoms with E-state index in [4.69, 9.17) is 18.0 Å². The SMILES string of the molecule is Cc1cccc(NC(=O)N(C)c2cccc(C(N)=S)c2)c1. The van der Waals surface area contributed by atoms with Crippen molar-refractivity contribution in [3.8, 4) is 0 Å². The van der Waals surface area contributed by atoms with E-state index in [2.05, 4.69) is 5.32 Å². The zero-order valence-corrected chi connectivity index (χ0v) is 12.8. The molecule has 0 saturated heterocycles. The largest absolute Gasteiger partial charge is 0.389 e. The third kappa shape index (κ3) is 3.79. The van der Waals surface area contributed by atoms with Crippen LogP contribution < -0.4 is 16.0 Å². The van der Waals surface area contributed by atoms with Crippen LogP contribution in [0.3, 0.4) is 0 Å². The van der Waals surface area contributed by atoms with Gasteiger partial charge in [-0.05, 0) is 36.8 Å². The number of benzene rings is 2. The van der Waals surface area contributed by atoms with Crippen molar-refractivity contribution in [3.63, 3.8) is 0 Å². The Balaban J connectivity index is 2.15. The summed E-state index contributed by atoms with van der Waals surface area (Å²) < 4.78 is 0. The molecule has 0 radical (unpaired) electrons. The number of amides is 2. The smallest absolute Gasteiger partial charge is 0.326 e. The van der Waals surface area contributed by atoms with Crippen LogP contribution in [-0.4, -0.2) is 18.1 Å². The fourth-order valence-corrected chi connectivity index (χ4v) is 2.04. The molecule has 108 valence electrons. The van der Waals surface area contributed by atoms with Crippen LogP contribution in [-0.2, 0) is 0 Å². The summed E-state index contributed by atoms with van der Waals surface area (Å²) in [6.07, 6.45) is 0. The summed E-state index contributed by atoms with van der Waals surface area (Å²) in [5.74, 6) is 0. The zero-order chi connectivity index (χ0) is 15.4. The van der Waals surface area contributed by atoms with E-state index in [9.17, 15) is 4.79 Å². The molecule has 2 aromatic rings. The van der Waals surface area contributed by atoms with Crippen molar-refractivity contribution in [2.75, 3.05) is 17.3 Å². The highest BCUT2D eigenvalue weighted by molar-refractivity contribution is 7.80. The summed E-state index contributed by atoms with van der Waals surface area (Å²) in [6, 6.07) is 14.7. The number of carbonyl (C=O) groups excluding carboxylic acids is 1. The maximum atomic E-state index is 12.3. The second-order valence-corrected chi connectivity index (χ2v) is 5.21. The molecule has 0 spiro atoms. The van der Waals surface area contributed by atoms with E-state index in [0.29, 0.717) is 4.99 Å². The van der Waals surface area contributed by atoms with Crippen LogP contribution in [0.25, 0.3) is 0 Å². The molecule has 5 heteroatoms. The van der Waals surface area contributed by atoms with E-state index >= 15 is 0 Å². The molecule has 0 bridgehead atoms. The number of nitrogens with one attached hydrogen (secondary N) is 1. The first-order valence-electron chi connectivity index (χ1n) is 6.48. The van der Waals surface area contributed by atoms with Crippen LogP contribution in [0.1, 0.15) is 11.1 Å². The lowest BCUT2D eigenvalue weighted by Gasteiger charge is -2.19. The molecule has 2 rings (SSSR count). The van der Waals surface area contributed by atoms with Crippen LogP contribution in [0.2, 0.25) is 0 Å². The van der Waals surface area contributed by atoms with Gasteiger partial charge in [0, 0.05) is 24.0 Å². The Morgan fingerprint density at radius 3 is 2.57 bits per heavy atom. The number of aryl methyl sites for hydroxylation is 1. The first-order chi connectivity index (χ1) is 9.97. The van der Waals surface area contributed by atoms with Crippen LogP contribution >= 0.6 is 12.2 Å². The lowest BCUT2D eigenvalue weighted by atomic mass is 10.2. The van der Waals surface area contributed by atoms with Crippen LogP contribution in [0.4, 0.5) is 16.2 Å². The molecule has 0 aliphatic heterocycles. The second-order valence-electron chi connectivity index (χ2n) is 4.77. The summed E-state index contributed by atoms with van der Waals surface area (Å²) >= 11 is 4.95. The van der Waals surface area contributed by atoms with E-state index in [0.717, 1.165) is 22.5 Å². The van der Waals surface area contributed by atoms with Gasteiger partial charge in [-0.2, -0.15) is 0 Å². The molecular weight excluding hydrogens is 282 g/mol. The van der Waals surface area contributed by atoms with Crippen LogP contribution in [0, 0.1) is 6.92 Å². The fraction of sp³-hybridized carbons (Fsp3) is 0.125. The van der Waals surface area contributed by atoms with E-state index in [-0.39, 0.29) is 6.03 Å². The minimum atomic E-state index is -0.222. The second kappa shape index (κ2) is 6.37. The number of hydrogen-bond acceptors (Lipinski definition) is 2. The Hall–Kier alpha value is -2.40. The summed E-state index contributed by atoms with van der Waals surface area (Å²) in [5, 5.41) is 2.85. The average molecular weight is 299 g/mol. The molecule has 21 heavy (non-hydrogen) atoms. The topological polar surface area (TPSA) is 58.4 Å². The predicted octanol–water partition coefficient (Wildman–Crippen LogP) is 3.30. The molecular formula is C16H17N3OS. The van der Waals surface area contributed by atoms with Crippen LogP contribution in [0.5, 0.6) is 0 Å². The number of anilines is 2. The van der Waals surface area contributed by atoms with Gasteiger partial charge in [0.05, 0.1) is 0 Å². The highest BCUT2D eigenvalue weighted by Gasteiger charge is 2.11. The molecule has 3 N–H and O–H groups in total. The fourth-order valence-electron chi connectivity index (χ4n) is 1.92. The van der Waals surface area contributed by atoms with E-state index in [1.165, 1.54) is 4.90 Å². The maximum Gasteiger partial charge on any atom is 0.326 e. The summed E-state index contributed by atoms with van der Waals surface area (Å²) in [5.41, 5.74) is 8.92. The van der Waals surface area contributed by atoms with Crippen LogP contribution in [0.15, 0.2) is 48.5 Å². The third-order valence-electron chi connectivity index (χ3n) is 3.09. The Labute approximate surface area is 129 Å². The number of hydrogen-bond donors (Lipinski definition) is 2. The number of nitrogens with two attached hydrogens (primary N) is 1. The molecule has 0 atom stereocenters. The molecule has 0 aromatic heterocycles. The van der Waals surface area contributed by atoms with Gasteiger partial charge < -0.3 is 11.1 Å². The average Bonchev–Trinajstić information content (AvgIpc) is 2.46. The first kappa shape index (κ1) is 15.0. The summed E-state index contributed by atoms with van der Waals surface area (Å²) in [7, 11) is 1.70. The maximum absolute atomic E-state index is 12.3. The van der Waals surface area contributed by atoms with Gasteiger partial charge in [0.15, 0.2) is 0 Å². The molecule has 2 amide bonds. The normalized spacial score (nSPS) is 10.0. The van der Waals surface area contributed by atoms with Crippen molar-refractivity contribution in [3.05, 3.63) is 59.7 Å². The minimum Gasteiger partial charge on any atom is -0.389 e. The first-order valence-corrected chi connectivity index (χ1v) is 6.89. The van der Waals surface area contributed by atoms with Gasteiger partial charge in [0.1, 0.15) is 4.99 Å². The standard InChI is InChI=1S/C16H17N3OS/c1-11-5-3-7-13(9-11)18-16(20)19(2)14-8-4-6-12(10-14)15(17)21/h3-10H,1-2H3,(H2,17,21)(H,18,20). The van der Waals surface area contributed by atoms with Crippen molar-refractivity contribution in [2.24, 2.45) is 5.73 Å². The number of thiocarbonyl (C=S) groups is 1. The number of nitrogens with zero attached hydrogens (tertiary/aromatic N) is 1. The summed E-state index contributed by atoms with van der Waals surface area (Å²) in [4.78, 5) is 14.1. The molecule has 0 heterocycles. The quantitative estimate of drug-likeness (QED) is 0.855. The van der Waals surface area contributed by atoms with Gasteiger partial charge >= 0.3 is 6.03 Å². The van der Waals surface area contributed by atoms with Crippen molar-refractivity contribution >= 4 is 34.6 Å². The highest BCUT2D eigenvalue weighted by Crippen LogP contribution is 2.17. The lowest BCUT2D eigenvalue weighted by Crippen LogP contribution is -2.31. The Morgan fingerprint density at radius 1 is 1.19 bits per heavy atom. The number of carbonyl (C=O) groups is 1. The van der Waals surface area contributed by atoms with Gasteiger partial charge in [-0.1, -0.05) is 36.5 Å². The predicted molar refractivity (Wildman–Crippen MR) is 90.9 cm³/mol. The zero-order valence-electron chi connectivity index (χ0n) is 12.0. The lowest BCUT2D eigenvalue weighted by molar-refractivity contribution is 0.258. The Morgan fingerprint density at radius 2 is 1.90 bits per heavy atom. The van der Waals surface area contributed by atoms with Crippen molar-refractivity contribution in [1.82, 2.24) is 0 Å². The summed E-state index contributed by atoms with van der Waals surface area (Å²) in [6.45, 7) is 1.98. The molecule has 0 unspecified atom stereocenters. The molecule has 0 aliphatic rings. The van der Waals surface area contributed by atoms with Crippen molar-refractivity contribution < 1.29 is 4.79 Å². The molecule has 0 saturated carbocycles. The third-order valence-corrected chi connectivity index (χ3v) is 3.33. The minimum absolute atomic E-state index is 0.222. The Kier molecular flexibility index (Phi) is 4.55. The van der Waals surface area contributed by atoms with Crippen molar-refractivity contribution in [2.45, 2.75) is 6.92 Å². The van der Waals surface area contributed by atoms with Gasteiger partial charge in [-0.25, -0.2) is 4.79 Å². The van der Waals surface area contributed by atoms with Crippen molar-refractivity contribution in [1.29, 1.82) is 0 Å². The molecule has 4 nitrogen and oxygen atoms in total. The molecule has 2 aromatic carbocycles.